The van der Waals surface area contributed by atoms with E-state index in [0.717, 1.165) is 45.0 Å². The largest absolute Gasteiger partial charge is 0.338 e. The lowest BCUT2D eigenvalue weighted by molar-refractivity contribution is 0.579. The van der Waals surface area contributed by atoms with Crippen LogP contribution < -0.4 is 10.2 Å². The van der Waals surface area contributed by atoms with Crippen molar-refractivity contribution in [1.29, 1.82) is 0 Å². The van der Waals surface area contributed by atoms with Crippen molar-refractivity contribution >= 4 is 18.4 Å². The average molecular weight is 243 g/mol. The number of nitrogens with zero attached hydrogens (tertiary/aromatic N) is 3. The average Bonchev–Trinajstić information content (AvgIpc) is 2.32. The van der Waals surface area contributed by atoms with E-state index in [9.17, 15) is 0 Å². The van der Waals surface area contributed by atoms with Crippen LogP contribution in [0.25, 0.3) is 0 Å². The molecule has 0 aromatic carbocycles. The third kappa shape index (κ3) is 3.32. The molecular weight excluding hydrogens is 224 g/mol. The minimum Gasteiger partial charge on any atom is -0.338 e. The molecule has 0 radical (unpaired) electrons. The molecule has 0 aliphatic carbocycles. The molecule has 0 amide bonds. The zero-order valence-electron chi connectivity index (χ0n) is 9.65. The van der Waals surface area contributed by atoms with Crippen molar-refractivity contribution in [2.75, 3.05) is 31.1 Å². The molecule has 2 heterocycles. The third-order valence-electron chi connectivity index (χ3n) is 2.63. The van der Waals surface area contributed by atoms with Gasteiger partial charge in [-0.1, -0.05) is 13.3 Å². The SMILES string of the molecule is CCCc1cnc(N2CCNCC2)nc1.Cl. The highest BCUT2D eigenvalue weighted by Gasteiger charge is 2.12. The van der Waals surface area contributed by atoms with Crippen molar-refractivity contribution in [2.24, 2.45) is 0 Å². The summed E-state index contributed by atoms with van der Waals surface area (Å²) in [6.45, 7) is 6.24. The molecule has 0 unspecified atom stereocenters. The van der Waals surface area contributed by atoms with E-state index in [4.69, 9.17) is 0 Å². The molecular formula is C11H19ClN4. The summed E-state index contributed by atoms with van der Waals surface area (Å²) in [5.41, 5.74) is 1.23. The molecule has 1 saturated heterocycles. The van der Waals surface area contributed by atoms with Gasteiger partial charge in [-0.25, -0.2) is 9.97 Å². The molecule has 5 heteroatoms. The fraction of sp³-hybridized carbons (Fsp3) is 0.636. The van der Waals surface area contributed by atoms with Crippen molar-refractivity contribution in [2.45, 2.75) is 19.8 Å². The molecule has 4 nitrogen and oxygen atoms in total. The summed E-state index contributed by atoms with van der Waals surface area (Å²) < 4.78 is 0. The molecule has 90 valence electrons. The second kappa shape index (κ2) is 6.66. The first-order valence-corrected chi connectivity index (χ1v) is 5.66. The zero-order valence-corrected chi connectivity index (χ0v) is 10.5. The van der Waals surface area contributed by atoms with Crippen LogP contribution in [-0.2, 0) is 6.42 Å². The highest BCUT2D eigenvalue weighted by atomic mass is 35.5. The van der Waals surface area contributed by atoms with E-state index in [2.05, 4.69) is 27.1 Å². The summed E-state index contributed by atoms with van der Waals surface area (Å²) in [6, 6.07) is 0. The lowest BCUT2D eigenvalue weighted by atomic mass is 10.2. The van der Waals surface area contributed by atoms with Gasteiger partial charge in [-0.15, -0.1) is 12.4 Å². The lowest BCUT2D eigenvalue weighted by Gasteiger charge is -2.27. The minimum absolute atomic E-state index is 0. The fourth-order valence-electron chi connectivity index (χ4n) is 1.79. The van der Waals surface area contributed by atoms with Crippen molar-refractivity contribution in [3.8, 4) is 0 Å². The first-order valence-electron chi connectivity index (χ1n) is 5.66. The number of halogens is 1. The Morgan fingerprint density at radius 1 is 1.25 bits per heavy atom. The summed E-state index contributed by atoms with van der Waals surface area (Å²) in [5, 5.41) is 3.32. The maximum atomic E-state index is 4.41. The Morgan fingerprint density at radius 3 is 2.44 bits per heavy atom. The van der Waals surface area contributed by atoms with Gasteiger partial charge >= 0.3 is 0 Å². The first kappa shape index (κ1) is 13.2. The minimum atomic E-state index is 0. The predicted molar refractivity (Wildman–Crippen MR) is 68.4 cm³/mol. The van der Waals surface area contributed by atoms with E-state index in [-0.39, 0.29) is 12.4 Å². The van der Waals surface area contributed by atoms with Crippen molar-refractivity contribution in [3.63, 3.8) is 0 Å². The highest BCUT2D eigenvalue weighted by molar-refractivity contribution is 5.85. The van der Waals surface area contributed by atoms with Crippen molar-refractivity contribution < 1.29 is 0 Å². The topological polar surface area (TPSA) is 41.1 Å². The number of aromatic nitrogens is 2. The van der Waals surface area contributed by atoms with Crippen molar-refractivity contribution in [1.82, 2.24) is 15.3 Å². The fourth-order valence-corrected chi connectivity index (χ4v) is 1.79. The van der Waals surface area contributed by atoms with Gasteiger partial charge in [-0.3, -0.25) is 0 Å². The van der Waals surface area contributed by atoms with Crippen LogP contribution in [0, 0.1) is 0 Å². The van der Waals surface area contributed by atoms with Crippen LogP contribution in [0.5, 0.6) is 0 Å². The third-order valence-corrected chi connectivity index (χ3v) is 2.63. The van der Waals surface area contributed by atoms with E-state index >= 15 is 0 Å². The molecule has 1 aliphatic heterocycles. The summed E-state index contributed by atoms with van der Waals surface area (Å²) in [6.07, 6.45) is 6.12. The molecule has 1 N–H and O–H groups in total. The first-order chi connectivity index (χ1) is 7.40. The van der Waals surface area contributed by atoms with Gasteiger partial charge in [0.25, 0.3) is 0 Å². The number of hydrogen-bond acceptors (Lipinski definition) is 4. The number of aryl methyl sites for hydroxylation is 1. The van der Waals surface area contributed by atoms with Gasteiger partial charge < -0.3 is 10.2 Å². The summed E-state index contributed by atoms with van der Waals surface area (Å²) in [4.78, 5) is 11.0. The van der Waals surface area contributed by atoms with Crippen LogP contribution in [-0.4, -0.2) is 36.1 Å². The van der Waals surface area contributed by atoms with Gasteiger partial charge in [0.2, 0.25) is 5.95 Å². The summed E-state index contributed by atoms with van der Waals surface area (Å²) >= 11 is 0. The van der Waals surface area contributed by atoms with Crippen LogP contribution in [0.4, 0.5) is 5.95 Å². The standard InChI is InChI=1S/C11H18N4.ClH/c1-2-3-10-8-13-11(14-9-10)15-6-4-12-5-7-15;/h8-9,12H,2-7H2,1H3;1H. The second-order valence-electron chi connectivity index (χ2n) is 3.88. The number of anilines is 1. The van der Waals surface area contributed by atoms with Crippen LogP contribution in [0.1, 0.15) is 18.9 Å². The quantitative estimate of drug-likeness (QED) is 0.867. The second-order valence-corrected chi connectivity index (χ2v) is 3.88. The normalized spacial score (nSPS) is 15.7. The van der Waals surface area contributed by atoms with E-state index in [0.29, 0.717) is 0 Å². The maximum Gasteiger partial charge on any atom is 0.225 e. The zero-order chi connectivity index (χ0) is 10.5. The maximum absolute atomic E-state index is 4.41. The van der Waals surface area contributed by atoms with Gasteiger partial charge in [-0.05, 0) is 12.0 Å². The van der Waals surface area contributed by atoms with Gasteiger partial charge in [-0.2, -0.15) is 0 Å². The molecule has 16 heavy (non-hydrogen) atoms. The Bertz CT molecular complexity index is 295. The predicted octanol–water partition coefficient (Wildman–Crippen LogP) is 1.26. The van der Waals surface area contributed by atoms with E-state index in [1.807, 2.05) is 12.4 Å². The molecule has 2 rings (SSSR count). The Balaban J connectivity index is 0.00000128. The van der Waals surface area contributed by atoms with Gasteiger partial charge in [0, 0.05) is 38.6 Å². The van der Waals surface area contributed by atoms with Crippen molar-refractivity contribution in [3.05, 3.63) is 18.0 Å². The molecule has 0 spiro atoms. The molecule has 1 fully saturated rings. The Hall–Kier alpha value is -0.870. The molecule has 1 aromatic rings. The van der Waals surface area contributed by atoms with E-state index in [1.165, 1.54) is 5.56 Å². The Labute approximate surface area is 103 Å². The summed E-state index contributed by atoms with van der Waals surface area (Å²) in [7, 11) is 0. The smallest absolute Gasteiger partial charge is 0.225 e. The number of rotatable bonds is 3. The van der Waals surface area contributed by atoms with Crippen LogP contribution in [0.15, 0.2) is 12.4 Å². The molecule has 0 atom stereocenters. The molecule has 0 saturated carbocycles. The molecule has 0 bridgehead atoms. The molecule has 1 aliphatic rings. The monoisotopic (exact) mass is 242 g/mol. The van der Waals surface area contributed by atoms with Gasteiger partial charge in [0.1, 0.15) is 0 Å². The van der Waals surface area contributed by atoms with Crippen LogP contribution >= 0.6 is 12.4 Å². The summed E-state index contributed by atoms with van der Waals surface area (Å²) in [5.74, 6) is 0.872. The van der Waals surface area contributed by atoms with Gasteiger partial charge in [0.05, 0.1) is 0 Å². The Kier molecular flexibility index (Phi) is 5.49. The molecule has 1 aromatic heterocycles. The number of nitrogens with one attached hydrogen (secondary N) is 1. The van der Waals surface area contributed by atoms with Gasteiger partial charge in [0.15, 0.2) is 0 Å². The van der Waals surface area contributed by atoms with Crippen LogP contribution in [0.2, 0.25) is 0 Å². The van der Waals surface area contributed by atoms with Crippen LogP contribution in [0.3, 0.4) is 0 Å². The Morgan fingerprint density at radius 2 is 1.88 bits per heavy atom. The van der Waals surface area contributed by atoms with E-state index in [1.54, 1.807) is 0 Å². The van der Waals surface area contributed by atoms with E-state index < -0.39 is 0 Å². The number of hydrogen-bond donors (Lipinski definition) is 1. The highest BCUT2D eigenvalue weighted by Crippen LogP contribution is 2.08. The number of piperazine rings is 1. The lowest BCUT2D eigenvalue weighted by Crippen LogP contribution is -2.44.